The Hall–Kier alpha value is -2.48. The number of hydrogen-bond donors (Lipinski definition) is 4. The Kier molecular flexibility index (Phi) is 2.24. The molecule has 90 valence electrons. The maximum atomic E-state index is 10.2. The number of anilines is 1. The lowest BCUT2D eigenvalue weighted by Gasteiger charge is -2.24. The van der Waals surface area contributed by atoms with Crippen LogP contribution in [0.4, 0.5) is 5.95 Å². The van der Waals surface area contributed by atoms with Crippen molar-refractivity contribution in [2.45, 2.75) is 0 Å². The fraction of sp³-hybridized carbons (Fsp3) is 0. The monoisotopic (exact) mass is 244 g/mol. The molecule has 2 aromatic rings. The fourth-order valence-corrected chi connectivity index (χ4v) is 1.82. The molecule has 0 saturated carbocycles. The Morgan fingerprint density at radius 3 is 2.83 bits per heavy atom. The number of benzene rings is 1. The largest absolute Gasteiger partial charge is 0.508 e. The van der Waals surface area contributed by atoms with E-state index in [-0.39, 0.29) is 17.6 Å². The normalized spacial score (nSPS) is 13.8. The number of phenolic OH excluding ortho intramolecular Hbond substituents is 1. The summed E-state index contributed by atoms with van der Waals surface area (Å²) < 4.78 is 0. The minimum absolute atomic E-state index is 0.107. The van der Waals surface area contributed by atoms with Gasteiger partial charge < -0.3 is 15.2 Å². The van der Waals surface area contributed by atoms with Crippen LogP contribution >= 0.6 is 0 Å². The van der Waals surface area contributed by atoms with E-state index in [1.165, 1.54) is 29.5 Å². The van der Waals surface area contributed by atoms with Crippen molar-refractivity contribution >= 4 is 24.7 Å². The third-order valence-corrected chi connectivity index (χ3v) is 2.67. The van der Waals surface area contributed by atoms with Crippen LogP contribution in [-0.2, 0) is 0 Å². The lowest BCUT2D eigenvalue weighted by atomic mass is 9.70. The Balaban J connectivity index is 2.02. The van der Waals surface area contributed by atoms with Gasteiger partial charge >= 0.3 is 7.05 Å². The molecule has 8 heteroatoms. The number of aromatic hydroxyl groups is 2. The second kappa shape index (κ2) is 3.78. The SMILES string of the molecule is OB1c2ccc(O)cc2C=NN1c1ncc(O)[nH]1. The van der Waals surface area contributed by atoms with Crippen molar-refractivity contribution in [3.8, 4) is 11.6 Å². The highest BCUT2D eigenvalue weighted by Gasteiger charge is 2.31. The molecule has 0 atom stereocenters. The summed E-state index contributed by atoms with van der Waals surface area (Å²) in [4.78, 5) is 7.68. The summed E-state index contributed by atoms with van der Waals surface area (Å²) in [6, 6.07) is 4.61. The van der Waals surface area contributed by atoms with Gasteiger partial charge in [-0.15, -0.1) is 0 Å². The van der Waals surface area contributed by atoms with E-state index in [2.05, 4.69) is 15.1 Å². The average Bonchev–Trinajstić information content (AvgIpc) is 2.76. The molecular weight excluding hydrogens is 235 g/mol. The smallest absolute Gasteiger partial charge is 0.474 e. The lowest BCUT2D eigenvalue weighted by Crippen LogP contribution is -2.50. The molecule has 7 nitrogen and oxygen atoms in total. The van der Waals surface area contributed by atoms with Crippen LogP contribution in [0.1, 0.15) is 5.56 Å². The average molecular weight is 244 g/mol. The standard InChI is InChI=1S/C10H9BN4O3/c16-7-1-2-8-6(3-7)4-13-15(11(8)18)10-12-5-9(17)14-10/h1-5,16-18H,(H,12,14). The number of fused-ring (bicyclic) bond motifs is 1. The first-order valence-electron chi connectivity index (χ1n) is 5.23. The number of rotatable bonds is 1. The predicted molar refractivity (Wildman–Crippen MR) is 66.0 cm³/mol. The Morgan fingerprint density at radius 1 is 1.28 bits per heavy atom. The van der Waals surface area contributed by atoms with Crippen LogP contribution < -0.4 is 10.4 Å². The van der Waals surface area contributed by atoms with Crippen molar-refractivity contribution in [1.82, 2.24) is 9.97 Å². The molecule has 0 saturated heterocycles. The number of aromatic amines is 1. The molecule has 0 aliphatic carbocycles. The van der Waals surface area contributed by atoms with Crippen LogP contribution in [0.5, 0.6) is 11.6 Å². The molecule has 1 aromatic carbocycles. The summed E-state index contributed by atoms with van der Waals surface area (Å²) in [7, 11) is -1.03. The zero-order valence-corrected chi connectivity index (χ0v) is 9.15. The molecule has 1 aliphatic rings. The third kappa shape index (κ3) is 1.59. The molecule has 3 rings (SSSR count). The molecule has 0 radical (unpaired) electrons. The van der Waals surface area contributed by atoms with E-state index in [9.17, 15) is 15.2 Å². The summed E-state index contributed by atoms with van der Waals surface area (Å²) in [5.74, 6) is 0.232. The van der Waals surface area contributed by atoms with Gasteiger partial charge in [0.1, 0.15) is 5.75 Å². The zero-order chi connectivity index (χ0) is 12.7. The number of nitrogens with zero attached hydrogens (tertiary/aromatic N) is 3. The predicted octanol–water partition coefficient (Wildman–Crippen LogP) is -0.638. The van der Waals surface area contributed by atoms with Gasteiger partial charge in [0.15, 0.2) is 0 Å². The van der Waals surface area contributed by atoms with E-state index < -0.39 is 7.05 Å². The first-order chi connectivity index (χ1) is 8.65. The van der Waals surface area contributed by atoms with Crippen molar-refractivity contribution < 1.29 is 15.2 Å². The molecule has 0 bridgehead atoms. The van der Waals surface area contributed by atoms with E-state index in [0.29, 0.717) is 11.0 Å². The maximum absolute atomic E-state index is 10.2. The van der Waals surface area contributed by atoms with Crippen molar-refractivity contribution in [3.05, 3.63) is 30.0 Å². The highest BCUT2D eigenvalue weighted by molar-refractivity contribution is 6.71. The van der Waals surface area contributed by atoms with Gasteiger partial charge in [-0.25, -0.2) is 9.90 Å². The van der Waals surface area contributed by atoms with Gasteiger partial charge in [0.25, 0.3) is 0 Å². The van der Waals surface area contributed by atoms with Crippen molar-refractivity contribution in [3.63, 3.8) is 0 Å². The second-order valence-electron chi connectivity index (χ2n) is 3.87. The molecule has 4 N–H and O–H groups in total. The third-order valence-electron chi connectivity index (χ3n) is 2.67. The van der Waals surface area contributed by atoms with Crippen molar-refractivity contribution in [2.75, 3.05) is 4.92 Å². The van der Waals surface area contributed by atoms with Crippen LogP contribution in [0.2, 0.25) is 0 Å². The molecule has 0 unspecified atom stereocenters. The minimum Gasteiger partial charge on any atom is -0.508 e. The molecule has 0 spiro atoms. The fourth-order valence-electron chi connectivity index (χ4n) is 1.82. The quantitative estimate of drug-likeness (QED) is 0.499. The number of imidazole rings is 1. The summed E-state index contributed by atoms with van der Waals surface area (Å²) in [5.41, 5.74) is 1.23. The van der Waals surface area contributed by atoms with Gasteiger partial charge in [0, 0.05) is 0 Å². The van der Waals surface area contributed by atoms with Gasteiger partial charge in [0.05, 0.1) is 12.4 Å². The maximum Gasteiger partial charge on any atom is 0.474 e. The summed E-state index contributed by atoms with van der Waals surface area (Å²) in [6.45, 7) is 0. The Bertz CT molecular complexity index is 627. The van der Waals surface area contributed by atoms with Crippen molar-refractivity contribution in [1.29, 1.82) is 0 Å². The second-order valence-corrected chi connectivity index (χ2v) is 3.87. The van der Waals surface area contributed by atoms with Gasteiger partial charge in [-0.2, -0.15) is 5.10 Å². The molecule has 0 amide bonds. The molecule has 2 heterocycles. The molecule has 1 aromatic heterocycles. The van der Waals surface area contributed by atoms with E-state index in [1.54, 1.807) is 6.07 Å². The number of H-pyrrole nitrogens is 1. The molecule has 1 aliphatic heterocycles. The Morgan fingerprint density at radius 2 is 2.11 bits per heavy atom. The summed E-state index contributed by atoms with van der Waals surface area (Å²) >= 11 is 0. The first kappa shape index (κ1) is 10.7. The van der Waals surface area contributed by atoms with E-state index in [4.69, 9.17) is 0 Å². The molecular formula is C10H9BN4O3. The van der Waals surface area contributed by atoms with Gasteiger partial charge in [0.2, 0.25) is 11.8 Å². The highest BCUT2D eigenvalue weighted by atomic mass is 16.3. The lowest BCUT2D eigenvalue weighted by molar-refractivity contribution is 0.456. The van der Waals surface area contributed by atoms with Crippen LogP contribution in [0.25, 0.3) is 0 Å². The van der Waals surface area contributed by atoms with Crippen LogP contribution in [-0.4, -0.2) is 38.5 Å². The van der Waals surface area contributed by atoms with Crippen LogP contribution in [0, 0.1) is 0 Å². The van der Waals surface area contributed by atoms with Crippen LogP contribution in [0.3, 0.4) is 0 Å². The van der Waals surface area contributed by atoms with Crippen molar-refractivity contribution in [2.24, 2.45) is 5.10 Å². The topological polar surface area (TPSA) is 105 Å². The van der Waals surface area contributed by atoms with Gasteiger partial charge in [-0.3, -0.25) is 4.98 Å². The summed E-state index contributed by atoms with van der Waals surface area (Å²) in [6.07, 6.45) is 2.73. The minimum atomic E-state index is -1.03. The zero-order valence-electron chi connectivity index (χ0n) is 9.15. The molecule has 0 fully saturated rings. The first-order valence-corrected chi connectivity index (χ1v) is 5.23. The highest BCUT2D eigenvalue weighted by Crippen LogP contribution is 2.18. The number of phenols is 1. The number of hydrazone groups is 1. The van der Waals surface area contributed by atoms with E-state index in [1.807, 2.05) is 0 Å². The van der Waals surface area contributed by atoms with E-state index in [0.717, 1.165) is 0 Å². The summed E-state index contributed by atoms with van der Waals surface area (Å²) in [5, 5.41) is 32.7. The van der Waals surface area contributed by atoms with Gasteiger partial charge in [-0.1, -0.05) is 6.07 Å². The number of nitrogens with one attached hydrogen (secondary N) is 1. The molecule has 18 heavy (non-hydrogen) atoms. The van der Waals surface area contributed by atoms with Gasteiger partial charge in [-0.05, 0) is 23.2 Å². The Labute approximate surface area is 102 Å². The van der Waals surface area contributed by atoms with Crippen LogP contribution in [0.15, 0.2) is 29.5 Å². The number of hydrogen-bond acceptors (Lipinski definition) is 6. The van der Waals surface area contributed by atoms with E-state index >= 15 is 0 Å². The number of aromatic nitrogens is 2.